The van der Waals surface area contributed by atoms with Gasteiger partial charge in [0.1, 0.15) is 0 Å². The average molecular weight is 415 g/mol. The Balaban J connectivity index is 2.66. The fraction of sp³-hybridized carbons (Fsp3) is 0.556. The van der Waals surface area contributed by atoms with Crippen LogP contribution in [0.25, 0.3) is 0 Å². The van der Waals surface area contributed by atoms with Crippen LogP contribution in [0, 0.1) is 0 Å². The molecule has 0 fully saturated rings. The lowest BCUT2D eigenvalue weighted by Crippen LogP contribution is -2.45. The lowest BCUT2D eigenvalue weighted by Gasteiger charge is -2.23. The molecule has 0 aliphatic carbocycles. The third kappa shape index (κ3) is 7.19. The maximum absolute atomic E-state index is 12.5. The van der Waals surface area contributed by atoms with Crippen molar-refractivity contribution in [2.24, 2.45) is 0 Å². The molecule has 0 aliphatic rings. The molecule has 0 saturated carbocycles. The van der Waals surface area contributed by atoms with E-state index in [1.54, 1.807) is 38.1 Å². The Morgan fingerprint density at radius 3 is 2.50 bits per heavy atom. The van der Waals surface area contributed by atoms with E-state index in [9.17, 15) is 18.0 Å². The van der Waals surface area contributed by atoms with Crippen LogP contribution in [0.4, 0.5) is 5.69 Å². The number of carbonyl (C=O) groups excluding carboxylic acids is 2. The second-order valence-corrected chi connectivity index (χ2v) is 8.74. The van der Waals surface area contributed by atoms with Gasteiger partial charge in [0, 0.05) is 40.0 Å². The molecule has 0 saturated heterocycles. The minimum absolute atomic E-state index is 0.0661. The van der Waals surface area contributed by atoms with Crippen molar-refractivity contribution in [3.05, 3.63) is 24.3 Å². The second kappa shape index (κ2) is 11.1. The quantitative estimate of drug-likeness (QED) is 0.506. The Morgan fingerprint density at radius 1 is 1.21 bits per heavy atom. The fourth-order valence-corrected chi connectivity index (χ4v) is 3.20. The maximum Gasteiger partial charge on any atom is 0.242 e. The topological polar surface area (TPSA) is 108 Å². The predicted molar refractivity (Wildman–Crippen MR) is 108 cm³/mol. The van der Waals surface area contributed by atoms with Crippen molar-refractivity contribution >= 4 is 27.5 Å². The summed E-state index contributed by atoms with van der Waals surface area (Å²) >= 11 is 0. The van der Waals surface area contributed by atoms with Crippen molar-refractivity contribution in [2.75, 3.05) is 53.3 Å². The highest BCUT2D eigenvalue weighted by atomic mass is 32.2. The lowest BCUT2D eigenvalue weighted by molar-refractivity contribution is -0.124. The Kier molecular flexibility index (Phi) is 9.53. The Labute approximate surface area is 167 Å². The second-order valence-electron chi connectivity index (χ2n) is 6.59. The first-order valence-electron chi connectivity index (χ1n) is 8.89. The number of hydrogen-bond donors (Lipinski definition) is 2. The molecule has 0 spiro atoms. The molecule has 28 heavy (non-hydrogen) atoms. The van der Waals surface area contributed by atoms with E-state index in [-0.39, 0.29) is 23.3 Å². The molecule has 1 rings (SSSR count). The summed E-state index contributed by atoms with van der Waals surface area (Å²) in [4.78, 5) is 26.1. The van der Waals surface area contributed by atoms with Gasteiger partial charge < -0.3 is 15.4 Å². The smallest absolute Gasteiger partial charge is 0.242 e. The van der Waals surface area contributed by atoms with Crippen LogP contribution >= 0.6 is 0 Å². The Bertz CT molecular complexity index is 767. The van der Waals surface area contributed by atoms with Gasteiger partial charge in [-0.2, -0.15) is 0 Å². The molecule has 10 heteroatoms. The monoisotopic (exact) mass is 414 g/mol. The van der Waals surface area contributed by atoms with Crippen molar-refractivity contribution in [2.45, 2.75) is 24.3 Å². The van der Waals surface area contributed by atoms with E-state index in [0.29, 0.717) is 25.3 Å². The van der Waals surface area contributed by atoms with Crippen LogP contribution in [0.2, 0.25) is 0 Å². The lowest BCUT2D eigenvalue weighted by atomic mass is 10.2. The molecule has 0 heterocycles. The zero-order valence-corrected chi connectivity index (χ0v) is 17.9. The molecule has 158 valence electrons. The van der Waals surface area contributed by atoms with Crippen LogP contribution < -0.4 is 10.6 Å². The van der Waals surface area contributed by atoms with E-state index in [2.05, 4.69) is 10.6 Å². The van der Waals surface area contributed by atoms with Gasteiger partial charge in [-0.25, -0.2) is 12.7 Å². The molecule has 1 unspecified atom stereocenters. The Hall–Kier alpha value is -2.01. The number of anilines is 1. The molecule has 9 nitrogen and oxygen atoms in total. The van der Waals surface area contributed by atoms with E-state index in [1.807, 2.05) is 0 Å². The first-order chi connectivity index (χ1) is 13.1. The van der Waals surface area contributed by atoms with Gasteiger partial charge in [0.2, 0.25) is 21.8 Å². The van der Waals surface area contributed by atoms with E-state index in [0.717, 1.165) is 4.31 Å². The molecule has 0 bridgehead atoms. The summed E-state index contributed by atoms with van der Waals surface area (Å²) in [6.45, 7) is 2.82. The highest BCUT2D eigenvalue weighted by Gasteiger charge is 2.21. The van der Waals surface area contributed by atoms with Crippen molar-refractivity contribution in [1.29, 1.82) is 0 Å². The van der Waals surface area contributed by atoms with Crippen molar-refractivity contribution in [1.82, 2.24) is 14.5 Å². The van der Waals surface area contributed by atoms with Gasteiger partial charge in [-0.3, -0.25) is 14.5 Å². The summed E-state index contributed by atoms with van der Waals surface area (Å²) in [5.74, 6) is -0.522. The molecule has 0 aromatic heterocycles. The summed E-state index contributed by atoms with van der Waals surface area (Å²) < 4.78 is 30.5. The number of methoxy groups -OCH3 is 1. The number of nitrogens with zero attached hydrogens (tertiary/aromatic N) is 2. The van der Waals surface area contributed by atoms with E-state index in [1.165, 1.54) is 26.2 Å². The standard InChI is InChI=1S/C18H30N4O5S/c1-14(22(4)13-17(23)19-10-7-11-27-5)18(24)20-15-8-6-9-16(12-15)28(25,26)21(2)3/h6,8-9,12,14H,7,10-11,13H2,1-5H3,(H,19,23)(H,20,24). The number of amides is 2. The zero-order valence-electron chi connectivity index (χ0n) is 17.1. The molecule has 0 aliphatic heterocycles. The van der Waals surface area contributed by atoms with Gasteiger partial charge >= 0.3 is 0 Å². The van der Waals surface area contributed by atoms with Crippen LogP contribution in [0.5, 0.6) is 0 Å². The third-order valence-electron chi connectivity index (χ3n) is 4.16. The van der Waals surface area contributed by atoms with Gasteiger partial charge in [0.05, 0.1) is 17.5 Å². The van der Waals surface area contributed by atoms with Gasteiger partial charge in [-0.1, -0.05) is 6.07 Å². The van der Waals surface area contributed by atoms with E-state index in [4.69, 9.17) is 4.74 Å². The van der Waals surface area contributed by atoms with Crippen LogP contribution in [0.15, 0.2) is 29.2 Å². The van der Waals surface area contributed by atoms with Crippen molar-refractivity contribution in [3.63, 3.8) is 0 Å². The van der Waals surface area contributed by atoms with E-state index >= 15 is 0 Å². The number of hydrogen-bond acceptors (Lipinski definition) is 6. The molecule has 0 radical (unpaired) electrons. The molecule has 2 amide bonds. The highest BCUT2D eigenvalue weighted by molar-refractivity contribution is 7.89. The van der Waals surface area contributed by atoms with Gasteiger partial charge in [-0.05, 0) is 38.6 Å². The number of rotatable bonds is 11. The van der Waals surface area contributed by atoms with E-state index < -0.39 is 16.1 Å². The minimum atomic E-state index is -3.59. The van der Waals surface area contributed by atoms with Crippen LogP contribution in [0.1, 0.15) is 13.3 Å². The minimum Gasteiger partial charge on any atom is -0.385 e. The molecule has 1 aromatic carbocycles. The fourth-order valence-electron chi connectivity index (χ4n) is 2.26. The predicted octanol–water partition coefficient (Wildman–Crippen LogP) is 0.348. The highest BCUT2D eigenvalue weighted by Crippen LogP contribution is 2.18. The first-order valence-corrected chi connectivity index (χ1v) is 10.3. The van der Waals surface area contributed by atoms with Crippen LogP contribution in [-0.2, 0) is 24.3 Å². The first kappa shape index (κ1) is 24.0. The number of benzene rings is 1. The summed E-state index contributed by atoms with van der Waals surface area (Å²) in [6.07, 6.45) is 0.716. The summed E-state index contributed by atoms with van der Waals surface area (Å²) in [5, 5.41) is 5.46. The third-order valence-corrected chi connectivity index (χ3v) is 5.97. The summed E-state index contributed by atoms with van der Waals surface area (Å²) in [5.41, 5.74) is 0.372. The number of likely N-dealkylation sites (N-methyl/N-ethyl adjacent to an activating group) is 1. The number of sulfonamides is 1. The molecular weight excluding hydrogens is 384 g/mol. The number of nitrogens with one attached hydrogen (secondary N) is 2. The maximum atomic E-state index is 12.5. The largest absolute Gasteiger partial charge is 0.385 e. The van der Waals surface area contributed by atoms with Gasteiger partial charge in [0.15, 0.2) is 0 Å². The van der Waals surface area contributed by atoms with Gasteiger partial charge in [-0.15, -0.1) is 0 Å². The van der Waals surface area contributed by atoms with Crippen molar-refractivity contribution in [3.8, 4) is 0 Å². The van der Waals surface area contributed by atoms with Crippen LogP contribution in [0.3, 0.4) is 0 Å². The zero-order chi connectivity index (χ0) is 21.3. The summed E-state index contributed by atoms with van der Waals surface area (Å²) in [7, 11) is 2.57. The molecule has 1 aromatic rings. The normalized spacial score (nSPS) is 12.8. The number of ether oxygens (including phenoxy) is 1. The molecule has 1 atom stereocenters. The molecule has 2 N–H and O–H groups in total. The average Bonchev–Trinajstić information content (AvgIpc) is 2.64. The van der Waals surface area contributed by atoms with Gasteiger partial charge in [0.25, 0.3) is 0 Å². The summed E-state index contributed by atoms with van der Waals surface area (Å²) in [6, 6.07) is 5.46. The number of carbonyl (C=O) groups is 2. The molecular formula is C18H30N4O5S. The Morgan fingerprint density at radius 2 is 1.89 bits per heavy atom. The van der Waals surface area contributed by atoms with Crippen LogP contribution in [-0.4, -0.2) is 83.4 Å². The SMILES string of the molecule is COCCCNC(=O)CN(C)C(C)C(=O)Nc1cccc(S(=O)(=O)N(C)C)c1. The van der Waals surface area contributed by atoms with Crippen molar-refractivity contribution < 1.29 is 22.7 Å².